The molecule has 7 nitrogen and oxygen atoms in total. The molecule has 204 valence electrons. The molecule has 0 bridgehead atoms. The fraction of sp³-hybridized carbons (Fsp3) is 0.176. The fourth-order valence-electron chi connectivity index (χ4n) is 5.66. The Hall–Kier alpha value is -5.04. The molecule has 3 heterocycles. The van der Waals surface area contributed by atoms with Gasteiger partial charge < -0.3 is 23.7 Å². The molecule has 1 atom stereocenters. The molecule has 7 rings (SSSR count). The summed E-state index contributed by atoms with van der Waals surface area (Å²) in [4.78, 5) is 26.0. The highest BCUT2D eigenvalue weighted by molar-refractivity contribution is 5.90. The van der Waals surface area contributed by atoms with Gasteiger partial charge in [0.15, 0.2) is 0 Å². The van der Waals surface area contributed by atoms with Crippen LogP contribution in [0.25, 0.3) is 22.1 Å². The first kappa shape index (κ1) is 25.0. The number of phenolic OH excluding ortho intramolecular Hbond substituents is 1. The van der Waals surface area contributed by atoms with Gasteiger partial charge in [-0.2, -0.15) is 0 Å². The zero-order valence-corrected chi connectivity index (χ0v) is 22.1. The van der Waals surface area contributed by atoms with Crippen LogP contribution in [0.5, 0.6) is 23.0 Å². The van der Waals surface area contributed by atoms with Crippen LogP contribution < -0.4 is 19.6 Å². The Morgan fingerprint density at radius 2 is 1.71 bits per heavy atom. The number of hydrogen-bond donors (Lipinski definition) is 1. The van der Waals surface area contributed by atoms with E-state index in [0.29, 0.717) is 40.0 Å². The molecule has 0 saturated heterocycles. The molecule has 41 heavy (non-hydrogen) atoms. The van der Waals surface area contributed by atoms with Gasteiger partial charge in [-0.1, -0.05) is 36.4 Å². The lowest BCUT2D eigenvalue weighted by molar-refractivity contribution is -0.135. The smallest absolute Gasteiger partial charge is 0.312 e. The van der Waals surface area contributed by atoms with Crippen LogP contribution in [0.15, 0.2) is 94.3 Å². The number of carbonyl (C=O) groups excluding carboxylic acids is 1. The minimum atomic E-state index is -0.347. The molecular weight excluding hydrogens is 520 g/mol. The summed E-state index contributed by atoms with van der Waals surface area (Å²) in [5, 5.41) is 10.0. The molecule has 5 aromatic rings. The Kier molecular flexibility index (Phi) is 6.19. The summed E-state index contributed by atoms with van der Waals surface area (Å²) in [6.07, 6.45) is 3.28. The van der Waals surface area contributed by atoms with Gasteiger partial charge in [-0.05, 0) is 64.7 Å². The number of esters is 1. The molecule has 0 aliphatic carbocycles. The lowest BCUT2D eigenvalue weighted by Gasteiger charge is -2.25. The predicted octanol–water partition coefficient (Wildman–Crippen LogP) is 6.16. The van der Waals surface area contributed by atoms with Gasteiger partial charge in [0.25, 0.3) is 0 Å². The molecule has 0 spiro atoms. The first-order valence-corrected chi connectivity index (χ1v) is 13.6. The van der Waals surface area contributed by atoms with Gasteiger partial charge >= 0.3 is 5.97 Å². The minimum absolute atomic E-state index is 0.115. The van der Waals surface area contributed by atoms with Crippen LogP contribution in [0.1, 0.15) is 34.6 Å². The monoisotopic (exact) mass is 546 g/mol. The van der Waals surface area contributed by atoms with E-state index in [0.717, 1.165) is 36.5 Å². The van der Waals surface area contributed by atoms with Gasteiger partial charge in [0.05, 0.1) is 30.6 Å². The minimum Gasteiger partial charge on any atom is -0.508 e. The second-order valence-corrected chi connectivity index (χ2v) is 10.3. The maximum absolute atomic E-state index is 13.5. The zero-order chi connectivity index (χ0) is 27.9. The summed E-state index contributed by atoms with van der Waals surface area (Å²) in [5.74, 6) is 1.52. The fourth-order valence-corrected chi connectivity index (χ4v) is 5.66. The molecule has 0 radical (unpaired) electrons. The van der Waals surface area contributed by atoms with Gasteiger partial charge in [-0.15, -0.1) is 0 Å². The third kappa shape index (κ3) is 4.69. The lowest BCUT2D eigenvalue weighted by Crippen LogP contribution is -2.22. The Balaban J connectivity index is 1.15. The number of fused-ring (bicyclic) bond motifs is 4. The van der Waals surface area contributed by atoms with Crippen LogP contribution in [0.3, 0.4) is 0 Å². The van der Waals surface area contributed by atoms with Crippen molar-refractivity contribution in [3.63, 3.8) is 0 Å². The molecule has 0 fully saturated rings. The molecular formula is C34H26O7. The van der Waals surface area contributed by atoms with Crippen molar-refractivity contribution in [1.29, 1.82) is 0 Å². The maximum Gasteiger partial charge on any atom is 0.312 e. The highest BCUT2D eigenvalue weighted by Gasteiger charge is 2.32. The number of ether oxygens (including phenoxy) is 3. The van der Waals surface area contributed by atoms with Crippen molar-refractivity contribution in [2.45, 2.75) is 25.2 Å². The average molecular weight is 547 g/mol. The molecule has 1 N–H and O–H groups in total. The van der Waals surface area contributed by atoms with Crippen molar-refractivity contribution in [3.8, 4) is 34.1 Å². The molecule has 7 heteroatoms. The van der Waals surface area contributed by atoms with E-state index in [2.05, 4.69) is 12.1 Å². The molecule has 4 aromatic carbocycles. The number of carbonyl (C=O) groups is 1. The third-order valence-corrected chi connectivity index (χ3v) is 7.76. The number of hydrogen-bond acceptors (Lipinski definition) is 7. The second kappa shape index (κ2) is 10.2. The Morgan fingerprint density at radius 3 is 2.54 bits per heavy atom. The summed E-state index contributed by atoms with van der Waals surface area (Å²) in [6.45, 7) is 1.28. The van der Waals surface area contributed by atoms with Gasteiger partial charge in [-0.25, -0.2) is 0 Å². The van der Waals surface area contributed by atoms with E-state index in [1.807, 2.05) is 30.3 Å². The highest BCUT2D eigenvalue weighted by Crippen LogP contribution is 2.43. The topological polar surface area (TPSA) is 95.2 Å². The van der Waals surface area contributed by atoms with E-state index in [4.69, 9.17) is 18.6 Å². The van der Waals surface area contributed by atoms with Crippen LogP contribution in [-0.4, -0.2) is 24.3 Å². The predicted molar refractivity (Wildman–Crippen MR) is 153 cm³/mol. The Labute approximate surface area is 235 Å². The van der Waals surface area contributed by atoms with Crippen molar-refractivity contribution in [1.82, 2.24) is 0 Å². The largest absolute Gasteiger partial charge is 0.508 e. The molecule has 0 saturated carbocycles. The van der Waals surface area contributed by atoms with Crippen LogP contribution in [-0.2, 0) is 17.6 Å². The quantitative estimate of drug-likeness (QED) is 0.201. The van der Waals surface area contributed by atoms with E-state index in [1.165, 1.54) is 29.5 Å². The normalized spacial score (nSPS) is 15.6. The van der Waals surface area contributed by atoms with Crippen molar-refractivity contribution < 1.29 is 28.5 Å². The maximum atomic E-state index is 13.5. The molecule has 1 aromatic heterocycles. The number of rotatable bonds is 6. The molecule has 2 aliphatic heterocycles. The van der Waals surface area contributed by atoms with Crippen LogP contribution in [0.4, 0.5) is 0 Å². The summed E-state index contributed by atoms with van der Waals surface area (Å²) in [5.41, 5.74) is 5.25. The molecule has 1 unspecified atom stereocenters. The third-order valence-electron chi connectivity index (χ3n) is 7.76. The zero-order valence-electron chi connectivity index (χ0n) is 22.1. The van der Waals surface area contributed by atoms with Crippen molar-refractivity contribution in [2.75, 3.05) is 13.2 Å². The first-order chi connectivity index (χ1) is 20.0. The van der Waals surface area contributed by atoms with Gasteiger partial charge in [-0.3, -0.25) is 9.59 Å². The van der Waals surface area contributed by atoms with E-state index in [1.54, 1.807) is 24.3 Å². The van der Waals surface area contributed by atoms with Crippen molar-refractivity contribution >= 4 is 16.9 Å². The summed E-state index contributed by atoms with van der Waals surface area (Å²) >= 11 is 0. The Bertz CT molecular complexity index is 1840. The van der Waals surface area contributed by atoms with Crippen LogP contribution in [0, 0.1) is 0 Å². The van der Waals surface area contributed by atoms with Crippen LogP contribution >= 0.6 is 0 Å². The summed E-state index contributed by atoms with van der Waals surface area (Å²) in [6, 6.07) is 23.6. The molecule has 0 amide bonds. The van der Waals surface area contributed by atoms with E-state index < -0.39 is 0 Å². The number of aromatic hydroxyl groups is 1. The van der Waals surface area contributed by atoms with Gasteiger partial charge in [0, 0.05) is 24.3 Å². The first-order valence-electron chi connectivity index (χ1n) is 13.6. The van der Waals surface area contributed by atoms with Crippen LogP contribution in [0.2, 0.25) is 0 Å². The van der Waals surface area contributed by atoms with E-state index >= 15 is 0 Å². The molecule has 2 aliphatic rings. The number of phenols is 1. The van der Waals surface area contributed by atoms with Crippen molar-refractivity contribution in [3.05, 3.63) is 118 Å². The summed E-state index contributed by atoms with van der Waals surface area (Å²) < 4.78 is 23.2. The SMILES string of the molecule is O=C1CC(c2ccc(OCCc3ccc4c(c3)CCO4)cc2)c2c(ccc3c(=O)c(-c4ccc(O)cc4)coc23)O1. The lowest BCUT2D eigenvalue weighted by atomic mass is 9.85. The highest BCUT2D eigenvalue weighted by atomic mass is 16.5. The van der Waals surface area contributed by atoms with Gasteiger partial charge in [0.2, 0.25) is 5.43 Å². The Morgan fingerprint density at radius 1 is 0.902 bits per heavy atom. The van der Waals surface area contributed by atoms with E-state index in [-0.39, 0.29) is 29.5 Å². The summed E-state index contributed by atoms with van der Waals surface area (Å²) in [7, 11) is 0. The average Bonchev–Trinajstić information content (AvgIpc) is 3.46. The number of benzene rings is 4. The second-order valence-electron chi connectivity index (χ2n) is 10.3. The van der Waals surface area contributed by atoms with Gasteiger partial charge in [0.1, 0.15) is 34.8 Å². The van der Waals surface area contributed by atoms with Crippen molar-refractivity contribution in [2.24, 2.45) is 0 Å². The standard InChI is InChI=1S/C34H26O7/c35-24-6-2-22(3-7-24)28-19-40-34-26(33(28)37)10-12-30-32(34)27(18-31(36)41-30)21-4-8-25(9-5-21)38-15-13-20-1-11-29-23(17-20)14-16-39-29/h1-12,17,19,27,35H,13-16,18H2. The van der Waals surface area contributed by atoms with E-state index in [9.17, 15) is 14.7 Å².